The van der Waals surface area contributed by atoms with Crippen LogP contribution in [0.3, 0.4) is 0 Å². The van der Waals surface area contributed by atoms with Crippen molar-refractivity contribution in [2.75, 3.05) is 12.8 Å². The second kappa shape index (κ2) is 5.85. The monoisotopic (exact) mass is 307 g/mol. The van der Waals surface area contributed by atoms with Crippen LogP contribution in [0.15, 0.2) is 18.2 Å². The van der Waals surface area contributed by atoms with Crippen molar-refractivity contribution >= 4 is 17.4 Å². The highest BCUT2D eigenvalue weighted by molar-refractivity contribution is 6.32. The van der Waals surface area contributed by atoms with Gasteiger partial charge in [-0.25, -0.2) is 0 Å². The van der Waals surface area contributed by atoms with E-state index in [1.807, 2.05) is 12.1 Å². The quantitative estimate of drug-likeness (QED) is 0.904. The summed E-state index contributed by atoms with van der Waals surface area (Å²) in [5.74, 6) is 1.67. The Kier molecular flexibility index (Phi) is 3.92. The number of hydrogen-bond acceptors (Lipinski definition) is 4. The molecule has 1 aliphatic rings. The predicted octanol–water partition coefficient (Wildman–Crippen LogP) is 3.64. The van der Waals surface area contributed by atoms with Gasteiger partial charge in [0.15, 0.2) is 11.5 Å². The molecular formula is C15H18ClN3O2. The standard InChI is InChI=1S/C15H18ClN3O2/c1-20-13-7-9(12-8-14(17)19-18-12)6-11(16)15(13)21-10-4-2-3-5-10/h6-8,10H,2-5H2,1H3,(H3,17,18,19). The first kappa shape index (κ1) is 14.1. The zero-order chi connectivity index (χ0) is 14.8. The smallest absolute Gasteiger partial charge is 0.180 e. The molecule has 0 saturated heterocycles. The highest BCUT2D eigenvalue weighted by Gasteiger charge is 2.21. The van der Waals surface area contributed by atoms with Crippen molar-refractivity contribution in [3.8, 4) is 22.8 Å². The number of nitrogens with one attached hydrogen (secondary N) is 1. The summed E-state index contributed by atoms with van der Waals surface area (Å²) in [6, 6.07) is 5.47. The van der Waals surface area contributed by atoms with Crippen molar-refractivity contribution in [2.45, 2.75) is 31.8 Å². The van der Waals surface area contributed by atoms with Crippen molar-refractivity contribution in [2.24, 2.45) is 0 Å². The van der Waals surface area contributed by atoms with Crippen LogP contribution in [-0.2, 0) is 0 Å². The minimum atomic E-state index is 0.227. The van der Waals surface area contributed by atoms with Gasteiger partial charge in [-0.05, 0) is 37.8 Å². The zero-order valence-electron chi connectivity index (χ0n) is 11.9. The average Bonchev–Trinajstić information content (AvgIpc) is 3.12. The van der Waals surface area contributed by atoms with Crippen LogP contribution in [0.2, 0.25) is 5.02 Å². The number of halogens is 1. The lowest BCUT2D eigenvalue weighted by atomic mass is 10.1. The third kappa shape index (κ3) is 2.93. The molecule has 21 heavy (non-hydrogen) atoms. The predicted molar refractivity (Wildman–Crippen MR) is 82.9 cm³/mol. The molecule has 0 amide bonds. The number of rotatable bonds is 4. The molecule has 3 N–H and O–H groups in total. The van der Waals surface area contributed by atoms with E-state index in [9.17, 15) is 0 Å². The Labute approximate surface area is 128 Å². The van der Waals surface area contributed by atoms with Gasteiger partial charge in [0, 0.05) is 11.6 Å². The van der Waals surface area contributed by atoms with Gasteiger partial charge in [-0.1, -0.05) is 11.6 Å². The van der Waals surface area contributed by atoms with Crippen molar-refractivity contribution in [1.29, 1.82) is 0 Å². The number of anilines is 1. The number of aromatic amines is 1. The second-order valence-corrected chi connectivity index (χ2v) is 5.63. The molecule has 0 unspecified atom stereocenters. The molecule has 6 heteroatoms. The largest absolute Gasteiger partial charge is 0.493 e. The first-order valence-electron chi connectivity index (χ1n) is 7.03. The fraction of sp³-hybridized carbons (Fsp3) is 0.400. The van der Waals surface area contributed by atoms with E-state index in [0.29, 0.717) is 22.3 Å². The van der Waals surface area contributed by atoms with Crippen molar-refractivity contribution in [3.63, 3.8) is 0 Å². The van der Waals surface area contributed by atoms with Gasteiger partial charge in [0.05, 0.1) is 23.9 Å². The SMILES string of the molecule is COc1cc(-c2cc(N)n[nH]2)cc(Cl)c1OC1CCCC1. The van der Waals surface area contributed by atoms with E-state index in [0.717, 1.165) is 24.1 Å². The summed E-state index contributed by atoms with van der Waals surface area (Å²) in [4.78, 5) is 0. The van der Waals surface area contributed by atoms with Crippen LogP contribution in [-0.4, -0.2) is 23.4 Å². The molecule has 0 spiro atoms. The molecule has 0 atom stereocenters. The zero-order valence-corrected chi connectivity index (χ0v) is 12.6. The van der Waals surface area contributed by atoms with Gasteiger partial charge in [-0.15, -0.1) is 0 Å². The number of nitrogens with zero attached hydrogens (tertiary/aromatic N) is 1. The molecule has 0 radical (unpaired) electrons. The van der Waals surface area contributed by atoms with Crippen LogP contribution >= 0.6 is 11.6 Å². The number of nitrogens with two attached hydrogens (primary N) is 1. The van der Waals surface area contributed by atoms with Crippen molar-refractivity contribution in [1.82, 2.24) is 10.2 Å². The Morgan fingerprint density at radius 2 is 2.05 bits per heavy atom. The second-order valence-electron chi connectivity index (χ2n) is 5.22. The van der Waals surface area contributed by atoms with Gasteiger partial charge < -0.3 is 15.2 Å². The van der Waals surface area contributed by atoms with E-state index in [1.54, 1.807) is 13.2 Å². The van der Waals surface area contributed by atoms with Crippen LogP contribution in [0.1, 0.15) is 25.7 Å². The lowest BCUT2D eigenvalue weighted by Crippen LogP contribution is -2.12. The number of benzene rings is 1. The topological polar surface area (TPSA) is 73.2 Å². The summed E-state index contributed by atoms with van der Waals surface area (Å²) in [6.45, 7) is 0. The van der Waals surface area contributed by atoms with Gasteiger partial charge in [-0.2, -0.15) is 5.10 Å². The van der Waals surface area contributed by atoms with E-state index in [2.05, 4.69) is 10.2 Å². The molecule has 112 valence electrons. The van der Waals surface area contributed by atoms with Gasteiger partial charge in [-0.3, -0.25) is 5.10 Å². The fourth-order valence-corrected chi connectivity index (χ4v) is 2.90. The molecular weight excluding hydrogens is 290 g/mol. The fourth-order valence-electron chi connectivity index (χ4n) is 2.65. The first-order chi connectivity index (χ1) is 10.2. The minimum Gasteiger partial charge on any atom is -0.493 e. The molecule has 3 rings (SSSR count). The molecule has 1 heterocycles. The van der Waals surface area contributed by atoms with Crippen LogP contribution in [0.25, 0.3) is 11.3 Å². The molecule has 5 nitrogen and oxygen atoms in total. The summed E-state index contributed by atoms with van der Waals surface area (Å²) in [7, 11) is 1.61. The van der Waals surface area contributed by atoms with Crippen LogP contribution in [0.4, 0.5) is 5.82 Å². The summed E-state index contributed by atoms with van der Waals surface area (Å²) < 4.78 is 11.4. The Hall–Kier alpha value is -1.88. The molecule has 1 fully saturated rings. The summed E-state index contributed by atoms with van der Waals surface area (Å²) >= 11 is 6.38. The van der Waals surface area contributed by atoms with Gasteiger partial charge in [0.25, 0.3) is 0 Å². The van der Waals surface area contributed by atoms with Crippen molar-refractivity contribution < 1.29 is 9.47 Å². The Morgan fingerprint density at radius 1 is 1.29 bits per heavy atom. The first-order valence-corrected chi connectivity index (χ1v) is 7.40. The van der Waals surface area contributed by atoms with Gasteiger partial charge >= 0.3 is 0 Å². The maximum Gasteiger partial charge on any atom is 0.180 e. The summed E-state index contributed by atoms with van der Waals surface area (Å²) in [5, 5.41) is 7.32. The number of nitrogen functional groups attached to an aromatic ring is 1. The average molecular weight is 308 g/mol. The van der Waals surface area contributed by atoms with E-state index in [-0.39, 0.29) is 6.10 Å². The molecule has 1 saturated carbocycles. The number of hydrogen-bond donors (Lipinski definition) is 2. The number of H-pyrrole nitrogens is 1. The lowest BCUT2D eigenvalue weighted by Gasteiger charge is -2.18. The molecule has 1 aromatic heterocycles. The maximum atomic E-state index is 6.38. The Balaban J connectivity index is 1.94. The Morgan fingerprint density at radius 3 is 2.67 bits per heavy atom. The summed E-state index contributed by atoms with van der Waals surface area (Å²) in [6.07, 6.45) is 4.77. The molecule has 0 aliphatic heterocycles. The van der Waals surface area contributed by atoms with Crippen LogP contribution in [0, 0.1) is 0 Å². The van der Waals surface area contributed by atoms with Gasteiger partial charge in [0.1, 0.15) is 5.82 Å². The maximum absolute atomic E-state index is 6.38. The number of methoxy groups -OCH3 is 1. The lowest BCUT2D eigenvalue weighted by molar-refractivity contribution is 0.201. The molecule has 1 aromatic carbocycles. The molecule has 0 bridgehead atoms. The number of ether oxygens (including phenoxy) is 2. The van der Waals surface area contributed by atoms with E-state index >= 15 is 0 Å². The van der Waals surface area contributed by atoms with E-state index in [1.165, 1.54) is 12.8 Å². The van der Waals surface area contributed by atoms with E-state index in [4.69, 9.17) is 26.8 Å². The minimum absolute atomic E-state index is 0.227. The Bertz CT molecular complexity index is 636. The van der Waals surface area contributed by atoms with Crippen LogP contribution < -0.4 is 15.2 Å². The van der Waals surface area contributed by atoms with Gasteiger partial charge in [0.2, 0.25) is 0 Å². The molecule has 2 aromatic rings. The van der Waals surface area contributed by atoms with Crippen LogP contribution in [0.5, 0.6) is 11.5 Å². The number of aromatic nitrogens is 2. The van der Waals surface area contributed by atoms with Crippen molar-refractivity contribution in [3.05, 3.63) is 23.2 Å². The van der Waals surface area contributed by atoms with E-state index < -0.39 is 0 Å². The third-order valence-electron chi connectivity index (χ3n) is 3.72. The highest BCUT2D eigenvalue weighted by Crippen LogP contribution is 2.41. The third-order valence-corrected chi connectivity index (χ3v) is 4.01. The normalized spacial score (nSPS) is 15.3. The highest BCUT2D eigenvalue weighted by atomic mass is 35.5. The molecule has 1 aliphatic carbocycles. The summed E-state index contributed by atoms with van der Waals surface area (Å²) in [5.41, 5.74) is 7.28.